The van der Waals surface area contributed by atoms with Crippen LogP contribution >= 0.6 is 24.0 Å². The summed E-state index contributed by atoms with van der Waals surface area (Å²) in [4.78, 5) is 6.59. The highest BCUT2D eigenvalue weighted by Crippen LogP contribution is 2.19. The third kappa shape index (κ3) is 6.47. The molecule has 0 unspecified atom stereocenters. The first-order valence-electron chi connectivity index (χ1n) is 8.36. The van der Waals surface area contributed by atoms with E-state index in [1.54, 1.807) is 7.11 Å². The molecule has 0 amide bonds. The second-order valence-corrected chi connectivity index (χ2v) is 5.98. The van der Waals surface area contributed by atoms with Crippen molar-refractivity contribution in [1.82, 2.24) is 10.2 Å². The first kappa shape index (κ1) is 21.0. The van der Waals surface area contributed by atoms with Crippen molar-refractivity contribution in [2.75, 3.05) is 41.0 Å². The highest BCUT2D eigenvalue weighted by Gasteiger charge is 2.15. The van der Waals surface area contributed by atoms with Gasteiger partial charge in [-0.3, -0.25) is 4.99 Å². The smallest absolute Gasteiger partial charge is 0.193 e. The maximum atomic E-state index is 5.42. The number of hydrogen-bond acceptors (Lipinski definition) is 3. The van der Waals surface area contributed by atoms with Gasteiger partial charge in [0.15, 0.2) is 5.96 Å². The molecule has 0 spiro atoms. The Morgan fingerprint density at radius 1 is 1.33 bits per heavy atom. The Bertz CT molecular complexity index is 505. The van der Waals surface area contributed by atoms with E-state index in [-0.39, 0.29) is 24.0 Å². The van der Waals surface area contributed by atoms with Crippen molar-refractivity contribution in [3.8, 4) is 5.75 Å². The molecule has 2 rings (SSSR count). The number of benzene rings is 1. The van der Waals surface area contributed by atoms with Gasteiger partial charge in [-0.15, -0.1) is 24.0 Å². The van der Waals surface area contributed by atoms with Gasteiger partial charge in [-0.25, -0.2) is 0 Å². The van der Waals surface area contributed by atoms with Crippen LogP contribution in [-0.2, 0) is 11.3 Å². The number of ether oxygens (including phenoxy) is 2. The Balaban J connectivity index is 0.00000288. The zero-order valence-corrected chi connectivity index (χ0v) is 17.3. The van der Waals surface area contributed by atoms with E-state index < -0.39 is 0 Å². The Morgan fingerprint density at radius 2 is 2.04 bits per heavy atom. The van der Waals surface area contributed by atoms with E-state index in [0.29, 0.717) is 6.54 Å². The lowest BCUT2D eigenvalue weighted by atomic mass is 9.96. The third-order valence-electron chi connectivity index (χ3n) is 4.42. The molecule has 1 N–H and O–H groups in total. The summed E-state index contributed by atoms with van der Waals surface area (Å²) in [6, 6.07) is 8.06. The summed E-state index contributed by atoms with van der Waals surface area (Å²) in [6.07, 6.45) is 3.55. The average molecular weight is 447 g/mol. The molecule has 5 nitrogen and oxygen atoms in total. The highest BCUT2D eigenvalue weighted by molar-refractivity contribution is 14.0. The Kier molecular flexibility index (Phi) is 10.1. The lowest BCUT2D eigenvalue weighted by Crippen LogP contribution is -2.39. The number of halogens is 1. The van der Waals surface area contributed by atoms with E-state index in [4.69, 9.17) is 9.47 Å². The molecule has 1 aromatic rings. The van der Waals surface area contributed by atoms with Crippen LogP contribution in [0.1, 0.15) is 24.8 Å². The van der Waals surface area contributed by atoms with E-state index in [2.05, 4.69) is 28.3 Å². The summed E-state index contributed by atoms with van der Waals surface area (Å²) < 4.78 is 10.8. The SMILES string of the molecule is CN=C(NCc1ccccc1OC)N(C)CCC1CCOCC1.I. The van der Waals surface area contributed by atoms with Gasteiger partial charge in [-0.1, -0.05) is 18.2 Å². The van der Waals surface area contributed by atoms with Crippen molar-refractivity contribution < 1.29 is 9.47 Å². The largest absolute Gasteiger partial charge is 0.496 e. The Hall–Kier alpha value is -1.02. The number of aliphatic imine (C=N–C) groups is 1. The standard InChI is InChI=1S/C18H29N3O2.HI/c1-19-18(20-14-16-6-4-5-7-17(16)22-3)21(2)11-8-15-9-12-23-13-10-15;/h4-7,15H,8-14H2,1-3H3,(H,19,20);1H. The number of nitrogens with zero attached hydrogens (tertiary/aromatic N) is 2. The number of rotatable bonds is 6. The first-order valence-corrected chi connectivity index (χ1v) is 8.36. The average Bonchev–Trinajstić information content (AvgIpc) is 2.61. The van der Waals surface area contributed by atoms with Crippen LogP contribution in [0.25, 0.3) is 0 Å². The van der Waals surface area contributed by atoms with Crippen molar-refractivity contribution in [3.05, 3.63) is 29.8 Å². The summed E-state index contributed by atoms with van der Waals surface area (Å²) in [6.45, 7) is 3.54. The number of methoxy groups -OCH3 is 1. The van der Waals surface area contributed by atoms with Gasteiger partial charge in [0.05, 0.1) is 7.11 Å². The summed E-state index contributed by atoms with van der Waals surface area (Å²) in [5, 5.41) is 3.42. The quantitative estimate of drug-likeness (QED) is 0.414. The molecule has 0 saturated carbocycles. The van der Waals surface area contributed by atoms with Crippen LogP contribution in [0.2, 0.25) is 0 Å². The van der Waals surface area contributed by atoms with Gasteiger partial charge < -0.3 is 19.7 Å². The topological polar surface area (TPSA) is 46.1 Å². The summed E-state index contributed by atoms with van der Waals surface area (Å²) in [5.41, 5.74) is 1.13. The molecule has 1 heterocycles. The van der Waals surface area contributed by atoms with Gasteiger partial charge in [0.25, 0.3) is 0 Å². The molecule has 0 atom stereocenters. The maximum absolute atomic E-state index is 5.42. The first-order chi connectivity index (χ1) is 11.2. The molecule has 0 radical (unpaired) electrons. The molecular formula is C18H30IN3O2. The Labute approximate surface area is 162 Å². The molecule has 1 aromatic carbocycles. The second kappa shape index (κ2) is 11.5. The fourth-order valence-electron chi connectivity index (χ4n) is 2.93. The van der Waals surface area contributed by atoms with Crippen molar-refractivity contribution in [1.29, 1.82) is 0 Å². The minimum Gasteiger partial charge on any atom is -0.496 e. The van der Waals surface area contributed by atoms with Crippen LogP contribution in [0, 0.1) is 5.92 Å². The fraction of sp³-hybridized carbons (Fsp3) is 0.611. The van der Waals surface area contributed by atoms with Crippen LogP contribution < -0.4 is 10.1 Å². The number of hydrogen-bond donors (Lipinski definition) is 1. The minimum absolute atomic E-state index is 0. The molecule has 0 bridgehead atoms. The number of guanidine groups is 1. The second-order valence-electron chi connectivity index (χ2n) is 5.98. The molecule has 1 saturated heterocycles. The molecular weight excluding hydrogens is 417 g/mol. The normalized spacial score (nSPS) is 15.5. The van der Waals surface area contributed by atoms with Crippen molar-refractivity contribution in [2.24, 2.45) is 10.9 Å². The monoisotopic (exact) mass is 447 g/mol. The summed E-state index contributed by atoms with van der Waals surface area (Å²) >= 11 is 0. The number of para-hydroxylation sites is 1. The molecule has 0 aromatic heterocycles. The summed E-state index contributed by atoms with van der Waals surface area (Å²) in [5.74, 6) is 2.60. The zero-order chi connectivity index (χ0) is 16.5. The Morgan fingerprint density at radius 3 is 2.71 bits per heavy atom. The van der Waals surface area contributed by atoms with Crippen LogP contribution in [0.4, 0.5) is 0 Å². The van der Waals surface area contributed by atoms with E-state index >= 15 is 0 Å². The van der Waals surface area contributed by atoms with E-state index in [9.17, 15) is 0 Å². The lowest BCUT2D eigenvalue weighted by molar-refractivity contribution is 0.0625. The molecule has 24 heavy (non-hydrogen) atoms. The van der Waals surface area contributed by atoms with E-state index in [1.807, 2.05) is 25.2 Å². The predicted octanol–water partition coefficient (Wildman–Crippen LogP) is 3.14. The van der Waals surface area contributed by atoms with E-state index in [0.717, 1.165) is 42.9 Å². The lowest BCUT2D eigenvalue weighted by Gasteiger charge is -2.27. The highest BCUT2D eigenvalue weighted by atomic mass is 127. The van der Waals surface area contributed by atoms with Crippen LogP contribution in [0.15, 0.2) is 29.3 Å². The number of nitrogens with one attached hydrogen (secondary N) is 1. The molecule has 1 aliphatic rings. The fourth-order valence-corrected chi connectivity index (χ4v) is 2.93. The zero-order valence-electron chi connectivity index (χ0n) is 15.0. The predicted molar refractivity (Wildman–Crippen MR) is 109 cm³/mol. The van der Waals surface area contributed by atoms with E-state index in [1.165, 1.54) is 19.3 Å². The molecule has 6 heteroatoms. The van der Waals surface area contributed by atoms with Gasteiger partial charge in [-0.05, 0) is 31.2 Å². The van der Waals surface area contributed by atoms with Crippen LogP contribution in [-0.4, -0.2) is 51.8 Å². The van der Waals surface area contributed by atoms with Crippen molar-refractivity contribution in [2.45, 2.75) is 25.8 Å². The van der Waals surface area contributed by atoms with Gasteiger partial charge >= 0.3 is 0 Å². The minimum atomic E-state index is 0. The molecule has 136 valence electrons. The van der Waals surface area contributed by atoms with Crippen LogP contribution in [0.5, 0.6) is 5.75 Å². The molecule has 1 aliphatic heterocycles. The maximum Gasteiger partial charge on any atom is 0.193 e. The molecule has 0 aliphatic carbocycles. The van der Waals surface area contributed by atoms with Crippen LogP contribution in [0.3, 0.4) is 0 Å². The van der Waals surface area contributed by atoms with Gasteiger partial charge in [-0.2, -0.15) is 0 Å². The van der Waals surface area contributed by atoms with Gasteiger partial charge in [0.1, 0.15) is 5.75 Å². The summed E-state index contributed by atoms with van der Waals surface area (Å²) in [7, 11) is 5.63. The van der Waals surface area contributed by atoms with Gasteiger partial charge in [0, 0.05) is 46.0 Å². The third-order valence-corrected chi connectivity index (χ3v) is 4.42. The van der Waals surface area contributed by atoms with Gasteiger partial charge in [0.2, 0.25) is 0 Å². The van der Waals surface area contributed by atoms with Crippen molar-refractivity contribution >= 4 is 29.9 Å². The van der Waals surface area contributed by atoms with Crippen molar-refractivity contribution in [3.63, 3.8) is 0 Å². The molecule has 1 fully saturated rings.